The van der Waals surface area contributed by atoms with E-state index in [-0.39, 0.29) is 5.41 Å². The number of carboxylic acids is 1. The number of hydrogen-bond donors (Lipinski definition) is 1. The zero-order valence-corrected chi connectivity index (χ0v) is 20.4. The van der Waals surface area contributed by atoms with Gasteiger partial charge in [0.2, 0.25) is 0 Å². The summed E-state index contributed by atoms with van der Waals surface area (Å²) in [5.41, 5.74) is 3.35. The Morgan fingerprint density at radius 3 is 2.36 bits per heavy atom. The van der Waals surface area contributed by atoms with Crippen molar-refractivity contribution in [3.05, 3.63) is 47.7 Å². The molecule has 176 valence electrons. The Kier molecular flexibility index (Phi) is 5.95. The Morgan fingerprint density at radius 1 is 1.15 bits per heavy atom. The van der Waals surface area contributed by atoms with Gasteiger partial charge in [0.15, 0.2) is 11.8 Å². The van der Waals surface area contributed by atoms with Gasteiger partial charge in [0, 0.05) is 30.4 Å². The quantitative estimate of drug-likeness (QED) is 0.570. The van der Waals surface area contributed by atoms with Crippen LogP contribution in [0.3, 0.4) is 0 Å². The summed E-state index contributed by atoms with van der Waals surface area (Å²) in [6.45, 7) is 13.7. The summed E-state index contributed by atoms with van der Waals surface area (Å²) in [6.07, 6.45) is 0.885. The third kappa shape index (κ3) is 4.88. The zero-order valence-electron chi connectivity index (χ0n) is 20.4. The van der Waals surface area contributed by atoms with E-state index in [9.17, 15) is 9.90 Å². The molecule has 0 bridgehead atoms. The fourth-order valence-electron chi connectivity index (χ4n) is 4.39. The highest BCUT2D eigenvalue weighted by Gasteiger charge is 2.36. The SMILES string of the molecule is Cc1nc2cc(-c3ccccc3)nn2c(N2CCC(C)(C)CC2)c1C(OC(C)(C)C)C(=O)O. The molecule has 0 saturated carbocycles. The Labute approximate surface area is 195 Å². The maximum absolute atomic E-state index is 12.4. The zero-order chi connectivity index (χ0) is 24.0. The molecular formula is C26H34N4O3. The number of nitrogens with zero attached hydrogens (tertiary/aromatic N) is 4. The summed E-state index contributed by atoms with van der Waals surface area (Å²) in [5.74, 6) is -0.255. The minimum Gasteiger partial charge on any atom is -0.479 e. The molecule has 0 spiro atoms. The summed E-state index contributed by atoms with van der Waals surface area (Å²) < 4.78 is 7.88. The van der Waals surface area contributed by atoms with Crippen molar-refractivity contribution in [3.8, 4) is 11.3 Å². The number of anilines is 1. The van der Waals surface area contributed by atoms with Gasteiger partial charge in [0.25, 0.3) is 0 Å². The summed E-state index contributed by atoms with van der Waals surface area (Å²) in [6, 6.07) is 11.9. The fourth-order valence-corrected chi connectivity index (χ4v) is 4.39. The molecule has 1 aliphatic rings. The normalized spacial score (nSPS) is 17.3. The lowest BCUT2D eigenvalue weighted by atomic mass is 9.82. The van der Waals surface area contributed by atoms with E-state index in [2.05, 4.69) is 18.7 Å². The average Bonchev–Trinajstić information content (AvgIpc) is 3.15. The van der Waals surface area contributed by atoms with Crippen molar-refractivity contribution in [1.29, 1.82) is 0 Å². The van der Waals surface area contributed by atoms with Crippen molar-refractivity contribution < 1.29 is 14.6 Å². The summed E-state index contributed by atoms with van der Waals surface area (Å²) in [7, 11) is 0. The molecule has 7 nitrogen and oxygen atoms in total. The van der Waals surface area contributed by atoms with Gasteiger partial charge in [0.05, 0.1) is 16.9 Å². The van der Waals surface area contributed by atoms with Crippen LogP contribution in [0.2, 0.25) is 0 Å². The Morgan fingerprint density at radius 2 is 1.79 bits per heavy atom. The first kappa shape index (κ1) is 23.2. The van der Waals surface area contributed by atoms with Crippen LogP contribution < -0.4 is 4.90 Å². The van der Waals surface area contributed by atoms with Crippen LogP contribution in [0.15, 0.2) is 36.4 Å². The van der Waals surface area contributed by atoms with Crippen molar-refractivity contribution in [3.63, 3.8) is 0 Å². The van der Waals surface area contributed by atoms with Crippen LogP contribution >= 0.6 is 0 Å². The van der Waals surface area contributed by atoms with Crippen LogP contribution in [0.5, 0.6) is 0 Å². The van der Waals surface area contributed by atoms with E-state index in [0.29, 0.717) is 16.9 Å². The summed E-state index contributed by atoms with van der Waals surface area (Å²) in [5, 5.41) is 15.1. The first-order valence-corrected chi connectivity index (χ1v) is 11.6. The van der Waals surface area contributed by atoms with Gasteiger partial charge in [0.1, 0.15) is 5.82 Å². The number of aliphatic carboxylic acids is 1. The van der Waals surface area contributed by atoms with Crippen molar-refractivity contribution in [2.24, 2.45) is 5.41 Å². The number of rotatable bonds is 5. The molecule has 0 amide bonds. The Bertz CT molecular complexity index is 1150. The largest absolute Gasteiger partial charge is 0.479 e. The number of hydrogen-bond acceptors (Lipinski definition) is 5. The highest BCUT2D eigenvalue weighted by Crippen LogP contribution is 2.39. The third-order valence-electron chi connectivity index (χ3n) is 6.25. The number of carboxylic acid groups (broad SMARTS) is 1. The van der Waals surface area contributed by atoms with Crippen molar-refractivity contribution in [2.45, 2.75) is 66.1 Å². The van der Waals surface area contributed by atoms with Crippen molar-refractivity contribution >= 4 is 17.4 Å². The number of carbonyl (C=O) groups is 1. The van der Waals surface area contributed by atoms with Gasteiger partial charge in [-0.05, 0) is 46.0 Å². The maximum atomic E-state index is 12.4. The number of piperidine rings is 1. The predicted octanol–water partition coefficient (Wildman–Crippen LogP) is 5.27. The van der Waals surface area contributed by atoms with Gasteiger partial charge >= 0.3 is 5.97 Å². The molecule has 1 fully saturated rings. The molecule has 1 saturated heterocycles. The minimum absolute atomic E-state index is 0.255. The van der Waals surface area contributed by atoms with Crippen LogP contribution in [0.25, 0.3) is 16.9 Å². The molecule has 4 rings (SSSR count). The molecule has 1 aromatic carbocycles. The molecule has 1 aliphatic heterocycles. The number of aromatic nitrogens is 3. The smallest absolute Gasteiger partial charge is 0.337 e. The van der Waals surface area contributed by atoms with E-state index in [1.807, 2.05) is 68.6 Å². The van der Waals surface area contributed by atoms with E-state index in [1.165, 1.54) is 0 Å². The van der Waals surface area contributed by atoms with Gasteiger partial charge < -0.3 is 14.7 Å². The lowest BCUT2D eigenvalue weighted by molar-refractivity contribution is -0.160. The van der Waals surface area contributed by atoms with Crippen molar-refractivity contribution in [1.82, 2.24) is 14.6 Å². The molecule has 33 heavy (non-hydrogen) atoms. The number of ether oxygens (including phenoxy) is 1. The van der Waals surface area contributed by atoms with Crippen LogP contribution in [-0.2, 0) is 9.53 Å². The van der Waals surface area contributed by atoms with Crippen LogP contribution in [0.4, 0.5) is 5.82 Å². The first-order chi connectivity index (χ1) is 15.5. The molecule has 0 radical (unpaired) electrons. The summed E-state index contributed by atoms with van der Waals surface area (Å²) in [4.78, 5) is 19.5. The number of benzene rings is 1. The van der Waals surface area contributed by atoms with Gasteiger partial charge in [-0.3, -0.25) is 0 Å². The highest BCUT2D eigenvalue weighted by atomic mass is 16.5. The monoisotopic (exact) mass is 450 g/mol. The molecule has 0 aliphatic carbocycles. The molecule has 3 heterocycles. The number of aryl methyl sites for hydroxylation is 1. The van der Waals surface area contributed by atoms with E-state index < -0.39 is 17.7 Å². The standard InChI is InChI=1S/C26H34N4O3/c1-17-21(22(24(31)32)33-25(2,3)4)23(29-14-12-26(5,6)13-15-29)30-20(27-17)16-19(28-30)18-10-8-7-9-11-18/h7-11,16,22H,12-15H2,1-6H3,(H,31,32). The van der Waals surface area contributed by atoms with Gasteiger partial charge in [-0.2, -0.15) is 9.61 Å². The minimum atomic E-state index is -1.14. The summed E-state index contributed by atoms with van der Waals surface area (Å²) >= 11 is 0. The highest BCUT2D eigenvalue weighted by molar-refractivity contribution is 5.79. The third-order valence-corrected chi connectivity index (χ3v) is 6.25. The molecular weight excluding hydrogens is 416 g/mol. The lowest BCUT2D eigenvalue weighted by Crippen LogP contribution is -2.40. The Hall–Kier alpha value is -2.93. The molecule has 1 unspecified atom stereocenters. The van der Waals surface area contributed by atoms with E-state index >= 15 is 0 Å². The van der Waals surface area contributed by atoms with E-state index in [0.717, 1.165) is 43.0 Å². The molecule has 7 heteroatoms. The van der Waals surface area contributed by atoms with Crippen molar-refractivity contribution in [2.75, 3.05) is 18.0 Å². The van der Waals surface area contributed by atoms with Crippen LogP contribution in [0, 0.1) is 12.3 Å². The molecule has 1 atom stereocenters. The first-order valence-electron chi connectivity index (χ1n) is 11.6. The predicted molar refractivity (Wildman–Crippen MR) is 130 cm³/mol. The average molecular weight is 451 g/mol. The molecule has 2 aromatic heterocycles. The second-order valence-electron chi connectivity index (χ2n) is 10.7. The van der Waals surface area contributed by atoms with Gasteiger partial charge in [-0.15, -0.1) is 0 Å². The van der Waals surface area contributed by atoms with Gasteiger partial charge in [-0.25, -0.2) is 9.78 Å². The van der Waals surface area contributed by atoms with E-state index in [1.54, 1.807) is 0 Å². The fraction of sp³-hybridized carbons (Fsp3) is 0.500. The Balaban J connectivity index is 1.94. The number of fused-ring (bicyclic) bond motifs is 1. The maximum Gasteiger partial charge on any atom is 0.337 e. The van der Waals surface area contributed by atoms with Crippen LogP contribution in [-0.4, -0.2) is 44.4 Å². The molecule has 1 N–H and O–H groups in total. The topological polar surface area (TPSA) is 80.0 Å². The molecule has 3 aromatic rings. The second kappa shape index (κ2) is 8.45. The van der Waals surface area contributed by atoms with Crippen LogP contribution in [0.1, 0.15) is 64.8 Å². The second-order valence-corrected chi connectivity index (χ2v) is 10.7. The van der Waals surface area contributed by atoms with E-state index in [4.69, 9.17) is 14.8 Å². The van der Waals surface area contributed by atoms with Gasteiger partial charge in [-0.1, -0.05) is 44.2 Å². The lowest BCUT2D eigenvalue weighted by Gasteiger charge is -2.39.